The molecule has 0 amide bonds. The number of carboxylic acids is 1. The van der Waals surface area contributed by atoms with Crippen LogP contribution in [0.4, 0.5) is 0 Å². The summed E-state index contributed by atoms with van der Waals surface area (Å²) in [4.78, 5) is 13.7. The second-order valence-corrected chi connectivity index (χ2v) is 6.97. The Hall–Kier alpha value is -1.38. The summed E-state index contributed by atoms with van der Waals surface area (Å²) in [5.41, 5.74) is -0.228. The smallest absolute Gasteiger partial charge is 0.352 e. The molecule has 0 aliphatic carbocycles. The van der Waals surface area contributed by atoms with Crippen molar-refractivity contribution in [3.63, 3.8) is 0 Å². The molecule has 1 aromatic rings. The normalized spacial score (nSPS) is 23.1. The Kier molecular flexibility index (Phi) is 3.66. The van der Waals surface area contributed by atoms with Gasteiger partial charge in [-0.25, -0.2) is 17.9 Å². The van der Waals surface area contributed by atoms with E-state index in [0.29, 0.717) is 25.3 Å². The number of sulfonamides is 1. The van der Waals surface area contributed by atoms with Crippen LogP contribution in [0.5, 0.6) is 0 Å². The van der Waals surface area contributed by atoms with Crippen LogP contribution in [0.25, 0.3) is 0 Å². The minimum Gasteiger partial charge on any atom is -0.477 e. The molecule has 20 heavy (non-hydrogen) atoms. The minimum atomic E-state index is -3.80. The fraction of sp³-hybridized carbons (Fsp3) is 0.583. The average molecular weight is 302 g/mol. The van der Waals surface area contributed by atoms with Gasteiger partial charge in [0.1, 0.15) is 10.6 Å². The summed E-state index contributed by atoms with van der Waals surface area (Å²) in [6.45, 7) is 5.61. The topological polar surface area (TPSA) is 108 Å². The van der Waals surface area contributed by atoms with E-state index in [2.05, 4.69) is 9.71 Å². The van der Waals surface area contributed by atoms with Crippen LogP contribution in [-0.4, -0.2) is 43.2 Å². The van der Waals surface area contributed by atoms with E-state index in [1.807, 2.05) is 0 Å². The second kappa shape index (κ2) is 4.87. The summed E-state index contributed by atoms with van der Waals surface area (Å²) < 4.78 is 32.8. The Morgan fingerprint density at radius 1 is 1.45 bits per heavy atom. The van der Waals surface area contributed by atoms with Crippen molar-refractivity contribution in [2.24, 2.45) is 0 Å². The largest absolute Gasteiger partial charge is 0.477 e. The molecule has 0 spiro atoms. The molecule has 1 aliphatic rings. The van der Waals surface area contributed by atoms with Crippen molar-refractivity contribution in [1.29, 1.82) is 0 Å². The molecule has 1 unspecified atom stereocenters. The van der Waals surface area contributed by atoms with Crippen LogP contribution in [-0.2, 0) is 14.8 Å². The summed E-state index contributed by atoms with van der Waals surface area (Å²) in [5, 5.41) is 9.04. The van der Waals surface area contributed by atoms with E-state index >= 15 is 0 Å². The van der Waals surface area contributed by atoms with Crippen molar-refractivity contribution in [3.8, 4) is 0 Å². The van der Waals surface area contributed by atoms with Crippen LogP contribution < -0.4 is 4.72 Å². The van der Waals surface area contributed by atoms with Crippen LogP contribution in [0.1, 0.15) is 35.1 Å². The van der Waals surface area contributed by atoms with E-state index < -0.39 is 21.5 Å². The lowest BCUT2D eigenvalue weighted by molar-refractivity contribution is 0.0690. The molecule has 2 heterocycles. The van der Waals surface area contributed by atoms with E-state index in [1.54, 1.807) is 13.8 Å². The quantitative estimate of drug-likeness (QED) is 0.762. The number of carbonyl (C=O) groups is 1. The first-order valence-electron chi connectivity index (χ1n) is 6.20. The highest BCUT2D eigenvalue weighted by atomic mass is 32.2. The number of aromatic amines is 1. The van der Waals surface area contributed by atoms with Crippen molar-refractivity contribution < 1.29 is 23.1 Å². The van der Waals surface area contributed by atoms with Gasteiger partial charge in [0.2, 0.25) is 10.0 Å². The molecule has 0 saturated carbocycles. The number of nitrogens with one attached hydrogen (secondary N) is 2. The van der Waals surface area contributed by atoms with Crippen molar-refractivity contribution in [2.75, 3.05) is 13.2 Å². The fourth-order valence-corrected chi connectivity index (χ4v) is 4.34. The monoisotopic (exact) mass is 302 g/mol. The van der Waals surface area contributed by atoms with E-state index in [9.17, 15) is 13.2 Å². The highest BCUT2D eigenvalue weighted by Gasteiger charge is 2.36. The molecule has 8 heteroatoms. The van der Waals surface area contributed by atoms with Gasteiger partial charge in [-0.05, 0) is 27.2 Å². The number of hydrogen-bond acceptors (Lipinski definition) is 4. The number of carboxylic acid groups (broad SMARTS) is 1. The predicted molar refractivity (Wildman–Crippen MR) is 71.4 cm³/mol. The molecule has 1 fully saturated rings. The Morgan fingerprint density at radius 3 is 2.55 bits per heavy atom. The van der Waals surface area contributed by atoms with E-state index in [4.69, 9.17) is 9.84 Å². The first kappa shape index (κ1) is 15.0. The molecule has 3 N–H and O–H groups in total. The van der Waals surface area contributed by atoms with Crippen molar-refractivity contribution in [3.05, 3.63) is 17.0 Å². The van der Waals surface area contributed by atoms with Gasteiger partial charge in [-0.2, -0.15) is 0 Å². The van der Waals surface area contributed by atoms with Crippen LogP contribution in [0.3, 0.4) is 0 Å². The summed E-state index contributed by atoms with van der Waals surface area (Å²) in [6, 6.07) is 0. The highest BCUT2D eigenvalue weighted by molar-refractivity contribution is 7.89. The van der Waals surface area contributed by atoms with Gasteiger partial charge in [0, 0.05) is 17.9 Å². The average Bonchev–Trinajstić information content (AvgIpc) is 2.82. The first-order valence-corrected chi connectivity index (χ1v) is 7.69. The second-order valence-electron chi connectivity index (χ2n) is 5.35. The lowest BCUT2D eigenvalue weighted by atomic mass is 10.0. The summed E-state index contributed by atoms with van der Waals surface area (Å²) in [7, 11) is -3.80. The summed E-state index contributed by atoms with van der Waals surface area (Å²) in [5.74, 6) is -1.18. The minimum absolute atomic E-state index is 0.00280. The maximum Gasteiger partial charge on any atom is 0.352 e. The third kappa shape index (κ3) is 2.58. The van der Waals surface area contributed by atoms with Gasteiger partial charge in [-0.1, -0.05) is 0 Å². The third-order valence-corrected chi connectivity index (χ3v) is 5.36. The van der Waals surface area contributed by atoms with Crippen LogP contribution in [0.2, 0.25) is 0 Å². The van der Waals surface area contributed by atoms with E-state index in [1.165, 1.54) is 6.92 Å². The highest BCUT2D eigenvalue weighted by Crippen LogP contribution is 2.26. The number of hydrogen-bond donors (Lipinski definition) is 3. The van der Waals surface area contributed by atoms with Gasteiger partial charge in [-0.3, -0.25) is 0 Å². The standard InChI is InChI=1S/C12H18N2O5S/c1-7-9(11(15)16)13-8(2)10(7)20(17,18)14-12(3)4-5-19-6-12/h13-14H,4-6H2,1-3H3,(H,15,16). The van der Waals surface area contributed by atoms with Gasteiger partial charge in [-0.15, -0.1) is 0 Å². The maximum absolute atomic E-state index is 12.5. The first-order chi connectivity index (χ1) is 9.16. The fourth-order valence-electron chi connectivity index (χ4n) is 2.47. The van der Waals surface area contributed by atoms with Gasteiger partial charge in [0.05, 0.1) is 12.1 Å². The van der Waals surface area contributed by atoms with Gasteiger partial charge >= 0.3 is 5.97 Å². The Balaban J connectivity index is 2.42. The lowest BCUT2D eigenvalue weighted by Crippen LogP contribution is -2.46. The van der Waals surface area contributed by atoms with Crippen molar-refractivity contribution >= 4 is 16.0 Å². The number of aromatic carboxylic acids is 1. The molecule has 1 saturated heterocycles. The molecule has 0 aromatic carbocycles. The SMILES string of the molecule is Cc1[nH]c(C(=O)O)c(C)c1S(=O)(=O)NC1(C)CCOC1. The van der Waals surface area contributed by atoms with Gasteiger partial charge < -0.3 is 14.8 Å². The number of H-pyrrole nitrogens is 1. The molecular formula is C12H18N2O5S. The maximum atomic E-state index is 12.5. The van der Waals surface area contributed by atoms with Crippen LogP contribution in [0.15, 0.2) is 4.90 Å². The van der Waals surface area contributed by atoms with Gasteiger partial charge in [0.25, 0.3) is 0 Å². The van der Waals surface area contributed by atoms with Crippen molar-refractivity contribution in [2.45, 2.75) is 37.6 Å². The lowest BCUT2D eigenvalue weighted by Gasteiger charge is -2.23. The molecule has 1 atom stereocenters. The Morgan fingerprint density at radius 2 is 2.10 bits per heavy atom. The molecule has 1 aromatic heterocycles. The molecule has 1 aliphatic heterocycles. The van der Waals surface area contributed by atoms with Crippen molar-refractivity contribution in [1.82, 2.24) is 9.71 Å². The molecule has 2 rings (SSSR count). The van der Waals surface area contributed by atoms with Crippen LogP contribution in [0, 0.1) is 13.8 Å². The molecular weight excluding hydrogens is 284 g/mol. The molecule has 0 radical (unpaired) electrons. The zero-order valence-electron chi connectivity index (χ0n) is 11.6. The zero-order valence-corrected chi connectivity index (χ0v) is 12.4. The molecule has 0 bridgehead atoms. The Bertz CT molecular complexity index is 641. The van der Waals surface area contributed by atoms with Gasteiger partial charge in [0.15, 0.2) is 0 Å². The molecule has 7 nitrogen and oxygen atoms in total. The Labute approximate surface area is 117 Å². The van der Waals surface area contributed by atoms with Crippen LogP contribution >= 0.6 is 0 Å². The van der Waals surface area contributed by atoms with E-state index in [-0.39, 0.29) is 16.2 Å². The summed E-state index contributed by atoms with van der Waals surface area (Å²) in [6.07, 6.45) is 0.584. The number of aromatic nitrogens is 1. The summed E-state index contributed by atoms with van der Waals surface area (Å²) >= 11 is 0. The predicted octanol–water partition coefficient (Wildman–Crippen LogP) is 0.787. The number of aryl methyl sites for hydroxylation is 1. The number of rotatable bonds is 4. The van der Waals surface area contributed by atoms with E-state index in [0.717, 1.165) is 0 Å². The number of ether oxygens (including phenoxy) is 1. The molecule has 112 valence electrons. The zero-order chi connectivity index (χ0) is 15.1. The third-order valence-electron chi connectivity index (χ3n) is 3.45.